The monoisotopic (exact) mass is 340 g/mol. The number of ether oxygens (including phenoxy) is 1. The molecule has 23 heavy (non-hydrogen) atoms. The fraction of sp³-hybridized carbons (Fsp3) is 0.562. The average molecular weight is 340 g/mol. The third-order valence-electron chi connectivity index (χ3n) is 4.18. The second-order valence-electron chi connectivity index (χ2n) is 5.97. The largest absolute Gasteiger partial charge is 0.496 e. The van der Waals surface area contributed by atoms with Crippen molar-refractivity contribution in [1.29, 1.82) is 0 Å². The number of piperidine rings is 1. The lowest BCUT2D eigenvalue weighted by Crippen LogP contribution is -2.45. The molecule has 7 heteroatoms. The maximum atomic E-state index is 12.6. The van der Waals surface area contributed by atoms with Gasteiger partial charge in [-0.3, -0.25) is 4.79 Å². The molecular weight excluding hydrogens is 316 g/mol. The van der Waals surface area contributed by atoms with E-state index in [1.54, 1.807) is 19.1 Å². The summed E-state index contributed by atoms with van der Waals surface area (Å²) in [6, 6.07) is 7.57. The van der Waals surface area contributed by atoms with E-state index >= 15 is 0 Å². The van der Waals surface area contributed by atoms with Crippen LogP contribution in [0.5, 0.6) is 5.75 Å². The number of methoxy groups -OCH3 is 1. The van der Waals surface area contributed by atoms with Gasteiger partial charge in [-0.05, 0) is 18.9 Å². The van der Waals surface area contributed by atoms with E-state index in [0.29, 0.717) is 19.5 Å². The van der Waals surface area contributed by atoms with Crippen LogP contribution in [-0.4, -0.2) is 57.0 Å². The molecule has 1 atom stereocenters. The summed E-state index contributed by atoms with van der Waals surface area (Å²) in [6.45, 7) is 1.21. The summed E-state index contributed by atoms with van der Waals surface area (Å²) in [6.07, 6.45) is 2.63. The number of hydrogen-bond donors (Lipinski definition) is 0. The molecule has 1 aliphatic rings. The molecule has 1 saturated heterocycles. The number of amides is 1. The molecule has 1 heterocycles. The number of para-hydroxylation sites is 1. The van der Waals surface area contributed by atoms with Crippen molar-refractivity contribution in [2.24, 2.45) is 5.92 Å². The SMILES string of the molecule is COc1ccccc1CN(C)C(=O)[C@@H]1CCCN(S(C)(=O)=O)C1. The van der Waals surface area contributed by atoms with Crippen LogP contribution in [0, 0.1) is 5.92 Å². The Morgan fingerprint density at radius 1 is 1.39 bits per heavy atom. The van der Waals surface area contributed by atoms with Gasteiger partial charge in [0.1, 0.15) is 5.75 Å². The van der Waals surface area contributed by atoms with Crippen LogP contribution < -0.4 is 4.74 Å². The Morgan fingerprint density at radius 2 is 2.09 bits per heavy atom. The third-order valence-corrected chi connectivity index (χ3v) is 5.45. The predicted octanol–water partition coefficient (Wildman–Crippen LogP) is 1.33. The first-order chi connectivity index (χ1) is 10.8. The van der Waals surface area contributed by atoms with E-state index in [2.05, 4.69) is 0 Å². The Bertz CT molecular complexity index is 660. The average Bonchev–Trinajstić information content (AvgIpc) is 2.54. The van der Waals surface area contributed by atoms with Gasteiger partial charge >= 0.3 is 0 Å². The molecule has 0 aliphatic carbocycles. The van der Waals surface area contributed by atoms with Crippen molar-refractivity contribution in [3.05, 3.63) is 29.8 Å². The Labute approximate surface area is 138 Å². The van der Waals surface area contributed by atoms with Gasteiger partial charge in [0.15, 0.2) is 0 Å². The highest BCUT2D eigenvalue weighted by molar-refractivity contribution is 7.88. The van der Waals surface area contributed by atoms with Crippen LogP contribution in [0.15, 0.2) is 24.3 Å². The van der Waals surface area contributed by atoms with Crippen LogP contribution in [0.4, 0.5) is 0 Å². The van der Waals surface area contributed by atoms with E-state index < -0.39 is 10.0 Å². The molecule has 1 fully saturated rings. The topological polar surface area (TPSA) is 66.9 Å². The number of nitrogens with zero attached hydrogens (tertiary/aromatic N) is 2. The number of rotatable bonds is 5. The minimum absolute atomic E-state index is 0.0238. The number of sulfonamides is 1. The van der Waals surface area contributed by atoms with Crippen molar-refractivity contribution < 1.29 is 17.9 Å². The Kier molecular flexibility index (Phi) is 5.64. The Morgan fingerprint density at radius 3 is 2.74 bits per heavy atom. The van der Waals surface area contributed by atoms with Gasteiger partial charge in [0, 0.05) is 32.2 Å². The summed E-state index contributed by atoms with van der Waals surface area (Å²) >= 11 is 0. The summed E-state index contributed by atoms with van der Waals surface area (Å²) in [5.74, 6) is 0.441. The molecule has 2 rings (SSSR count). The third kappa shape index (κ3) is 4.45. The molecule has 0 radical (unpaired) electrons. The molecule has 1 aromatic carbocycles. The zero-order valence-electron chi connectivity index (χ0n) is 13.9. The smallest absolute Gasteiger partial charge is 0.227 e. The summed E-state index contributed by atoms with van der Waals surface area (Å²) in [7, 11) is 0.102. The van der Waals surface area contributed by atoms with Crippen LogP contribution in [0.1, 0.15) is 18.4 Å². The van der Waals surface area contributed by atoms with Gasteiger partial charge in [0.05, 0.1) is 19.3 Å². The molecule has 128 valence electrons. The minimum atomic E-state index is -3.24. The number of carbonyl (C=O) groups excluding carboxylic acids is 1. The maximum absolute atomic E-state index is 12.6. The summed E-state index contributed by atoms with van der Waals surface area (Å²) in [5.41, 5.74) is 0.932. The highest BCUT2D eigenvalue weighted by Crippen LogP contribution is 2.23. The van der Waals surface area contributed by atoms with Crippen LogP contribution in [0.2, 0.25) is 0 Å². The molecule has 6 nitrogen and oxygen atoms in total. The zero-order valence-corrected chi connectivity index (χ0v) is 14.7. The van der Waals surface area contributed by atoms with E-state index in [0.717, 1.165) is 17.7 Å². The van der Waals surface area contributed by atoms with Crippen LogP contribution in [-0.2, 0) is 21.4 Å². The summed E-state index contributed by atoms with van der Waals surface area (Å²) in [4.78, 5) is 14.3. The van der Waals surface area contributed by atoms with Crippen molar-refractivity contribution in [1.82, 2.24) is 9.21 Å². The number of carbonyl (C=O) groups is 1. The van der Waals surface area contributed by atoms with E-state index in [9.17, 15) is 13.2 Å². The lowest BCUT2D eigenvalue weighted by atomic mass is 9.98. The van der Waals surface area contributed by atoms with Gasteiger partial charge in [-0.2, -0.15) is 0 Å². The number of hydrogen-bond acceptors (Lipinski definition) is 4. The van der Waals surface area contributed by atoms with Crippen molar-refractivity contribution in [2.45, 2.75) is 19.4 Å². The van der Waals surface area contributed by atoms with Crippen molar-refractivity contribution in [3.63, 3.8) is 0 Å². The molecule has 0 unspecified atom stereocenters. The standard InChI is InChI=1S/C16H24N2O4S/c1-17(11-13-7-4-5-9-15(13)22-2)16(19)14-8-6-10-18(12-14)23(3,20)21/h4-5,7,9,14H,6,8,10-12H2,1-3H3/t14-/m1/s1. The van der Waals surface area contributed by atoms with Crippen molar-refractivity contribution in [3.8, 4) is 5.75 Å². The highest BCUT2D eigenvalue weighted by Gasteiger charge is 2.31. The van der Waals surface area contributed by atoms with Gasteiger partial charge in [-0.15, -0.1) is 0 Å². The van der Waals surface area contributed by atoms with Gasteiger partial charge in [-0.1, -0.05) is 18.2 Å². The van der Waals surface area contributed by atoms with Gasteiger partial charge in [0.2, 0.25) is 15.9 Å². The first-order valence-electron chi connectivity index (χ1n) is 7.65. The lowest BCUT2D eigenvalue weighted by Gasteiger charge is -2.32. The fourth-order valence-electron chi connectivity index (χ4n) is 2.92. The molecular formula is C16H24N2O4S. The van der Waals surface area contributed by atoms with E-state index in [1.165, 1.54) is 10.6 Å². The maximum Gasteiger partial charge on any atom is 0.227 e. The molecule has 1 aromatic rings. The molecule has 1 aliphatic heterocycles. The van der Waals surface area contributed by atoms with E-state index in [4.69, 9.17) is 4.74 Å². The van der Waals surface area contributed by atoms with Crippen molar-refractivity contribution in [2.75, 3.05) is 33.5 Å². The van der Waals surface area contributed by atoms with E-state index in [-0.39, 0.29) is 18.4 Å². The minimum Gasteiger partial charge on any atom is -0.496 e. The Hall–Kier alpha value is -1.60. The quantitative estimate of drug-likeness (QED) is 0.811. The fourth-order valence-corrected chi connectivity index (χ4v) is 3.84. The molecule has 0 N–H and O–H groups in total. The molecule has 1 amide bonds. The first kappa shape index (κ1) is 17.7. The lowest BCUT2D eigenvalue weighted by molar-refractivity contribution is -0.135. The predicted molar refractivity (Wildman–Crippen MR) is 88.6 cm³/mol. The zero-order chi connectivity index (χ0) is 17.0. The van der Waals surface area contributed by atoms with Gasteiger partial charge in [-0.25, -0.2) is 12.7 Å². The molecule has 0 spiro atoms. The highest BCUT2D eigenvalue weighted by atomic mass is 32.2. The number of benzene rings is 1. The normalized spacial score (nSPS) is 19.3. The Balaban J connectivity index is 2.04. The van der Waals surface area contributed by atoms with Crippen LogP contribution in [0.3, 0.4) is 0 Å². The second-order valence-corrected chi connectivity index (χ2v) is 7.95. The van der Waals surface area contributed by atoms with Gasteiger partial charge in [0.25, 0.3) is 0 Å². The van der Waals surface area contributed by atoms with E-state index in [1.807, 2.05) is 24.3 Å². The molecule has 0 bridgehead atoms. The van der Waals surface area contributed by atoms with Gasteiger partial charge < -0.3 is 9.64 Å². The molecule has 0 aromatic heterocycles. The first-order valence-corrected chi connectivity index (χ1v) is 9.49. The second kappa shape index (κ2) is 7.31. The summed E-state index contributed by atoms with van der Waals surface area (Å²) in [5, 5.41) is 0. The molecule has 0 saturated carbocycles. The summed E-state index contributed by atoms with van der Waals surface area (Å²) < 4.78 is 30.1. The van der Waals surface area contributed by atoms with Crippen molar-refractivity contribution >= 4 is 15.9 Å². The van der Waals surface area contributed by atoms with Crippen LogP contribution >= 0.6 is 0 Å². The van der Waals surface area contributed by atoms with Crippen LogP contribution in [0.25, 0.3) is 0 Å².